The van der Waals surface area contributed by atoms with Crippen molar-refractivity contribution in [2.24, 2.45) is 5.92 Å². The molecule has 4 rings (SSSR count). The molecule has 0 aromatic carbocycles. The first-order chi connectivity index (χ1) is 17.7. The second kappa shape index (κ2) is 11.7. The van der Waals surface area contributed by atoms with Crippen molar-refractivity contribution in [2.75, 3.05) is 31.1 Å². The minimum absolute atomic E-state index is 0.00733. The van der Waals surface area contributed by atoms with Crippen LogP contribution >= 0.6 is 11.8 Å². The van der Waals surface area contributed by atoms with Gasteiger partial charge in [-0.05, 0) is 58.1 Å². The number of anilines is 1. The van der Waals surface area contributed by atoms with Crippen molar-refractivity contribution in [1.29, 1.82) is 0 Å². The summed E-state index contributed by atoms with van der Waals surface area (Å²) in [5.74, 6) is 0.309. The van der Waals surface area contributed by atoms with E-state index in [0.29, 0.717) is 44.8 Å². The van der Waals surface area contributed by atoms with Crippen molar-refractivity contribution in [3.8, 4) is 0 Å². The predicted octanol–water partition coefficient (Wildman–Crippen LogP) is 5.17. The van der Waals surface area contributed by atoms with Crippen molar-refractivity contribution in [2.45, 2.75) is 69.1 Å². The molecule has 2 aliphatic heterocycles. The van der Waals surface area contributed by atoms with Gasteiger partial charge in [0.15, 0.2) is 16.6 Å². The minimum Gasteiger partial charge on any atom is -0.466 e. The van der Waals surface area contributed by atoms with Crippen LogP contribution in [0.3, 0.4) is 0 Å². The van der Waals surface area contributed by atoms with Gasteiger partial charge >= 0.3 is 12.1 Å². The fourth-order valence-electron chi connectivity index (χ4n) is 4.65. The number of ether oxygens (including phenoxy) is 1. The maximum Gasteiger partial charge on any atom is 0.433 e. The molecule has 8 nitrogen and oxygen atoms in total. The summed E-state index contributed by atoms with van der Waals surface area (Å²) < 4.78 is 51.4. The highest BCUT2D eigenvalue weighted by atomic mass is 32.2. The first-order valence-electron chi connectivity index (χ1n) is 12.6. The van der Waals surface area contributed by atoms with Crippen molar-refractivity contribution in [3.05, 3.63) is 35.4 Å². The van der Waals surface area contributed by atoms with Crippen LogP contribution in [-0.4, -0.2) is 59.0 Å². The maximum absolute atomic E-state index is 13.5. The SMILES string of the molecule is CCOC(=O)C1CCN(C(=O)c2ccc(CSc3nc(N4CCCC[C@@H]4C)cc(C(F)(F)F)n3)o2)CC1. The molecule has 2 aliphatic rings. The van der Waals surface area contributed by atoms with Crippen LogP contribution in [0, 0.1) is 5.92 Å². The summed E-state index contributed by atoms with van der Waals surface area (Å²) in [6, 6.07) is 4.31. The summed E-state index contributed by atoms with van der Waals surface area (Å²) in [5.41, 5.74) is -0.973. The zero-order valence-electron chi connectivity index (χ0n) is 20.9. The second-order valence-electron chi connectivity index (χ2n) is 9.30. The lowest BCUT2D eigenvalue weighted by molar-refractivity contribution is -0.149. The summed E-state index contributed by atoms with van der Waals surface area (Å²) in [5, 5.41) is 0.00733. The van der Waals surface area contributed by atoms with Gasteiger partial charge in [-0.1, -0.05) is 11.8 Å². The lowest BCUT2D eigenvalue weighted by Gasteiger charge is -2.34. The summed E-state index contributed by atoms with van der Waals surface area (Å²) in [4.78, 5) is 36.4. The Morgan fingerprint density at radius 1 is 1.14 bits per heavy atom. The smallest absolute Gasteiger partial charge is 0.433 e. The predicted molar refractivity (Wildman–Crippen MR) is 131 cm³/mol. The van der Waals surface area contributed by atoms with E-state index in [1.54, 1.807) is 24.0 Å². The molecule has 12 heteroatoms. The van der Waals surface area contributed by atoms with Gasteiger partial charge < -0.3 is 19.0 Å². The molecule has 0 radical (unpaired) electrons. The van der Waals surface area contributed by atoms with Crippen molar-refractivity contribution in [1.82, 2.24) is 14.9 Å². The Morgan fingerprint density at radius 3 is 2.57 bits per heavy atom. The second-order valence-corrected chi connectivity index (χ2v) is 10.2. The third-order valence-electron chi connectivity index (χ3n) is 6.70. The number of carbonyl (C=O) groups is 2. The standard InChI is InChI=1S/C25H31F3N4O4S/c1-3-35-23(34)17-9-12-31(13-10-17)22(33)19-8-7-18(36-19)15-37-24-29-20(25(26,27)28)14-21(30-24)32-11-5-4-6-16(32)2/h7-8,14,16-17H,3-6,9-13,15H2,1-2H3/t16-/m0/s1. The normalized spacial score (nSPS) is 19.2. The number of hydrogen-bond donors (Lipinski definition) is 0. The summed E-state index contributed by atoms with van der Waals surface area (Å²) >= 11 is 1.03. The van der Waals surface area contributed by atoms with Gasteiger partial charge in [0.25, 0.3) is 5.91 Å². The Bertz CT molecular complexity index is 1100. The molecular formula is C25H31F3N4O4S. The molecule has 202 valence electrons. The lowest BCUT2D eigenvalue weighted by atomic mass is 9.97. The molecule has 0 saturated carbocycles. The zero-order chi connectivity index (χ0) is 26.6. The van der Waals surface area contributed by atoms with Crippen LogP contribution in [-0.2, 0) is 21.5 Å². The molecule has 0 spiro atoms. The van der Waals surface area contributed by atoms with E-state index in [-0.39, 0.29) is 46.3 Å². The lowest BCUT2D eigenvalue weighted by Crippen LogP contribution is -2.40. The first-order valence-corrected chi connectivity index (χ1v) is 13.5. The average Bonchev–Trinajstić information content (AvgIpc) is 3.36. The van der Waals surface area contributed by atoms with Gasteiger partial charge in [-0.3, -0.25) is 9.59 Å². The van der Waals surface area contributed by atoms with Gasteiger partial charge in [-0.2, -0.15) is 13.2 Å². The molecular weight excluding hydrogens is 509 g/mol. The van der Waals surface area contributed by atoms with E-state index in [1.165, 1.54) is 0 Å². The van der Waals surface area contributed by atoms with Crippen molar-refractivity contribution >= 4 is 29.5 Å². The maximum atomic E-state index is 13.5. The number of nitrogens with zero attached hydrogens (tertiary/aromatic N) is 4. The quantitative estimate of drug-likeness (QED) is 0.270. The number of alkyl halides is 3. The summed E-state index contributed by atoms with van der Waals surface area (Å²) in [6.07, 6.45) is -0.687. The third-order valence-corrected chi connectivity index (χ3v) is 7.57. The highest BCUT2D eigenvalue weighted by Gasteiger charge is 2.35. The topological polar surface area (TPSA) is 88.8 Å². The molecule has 0 aliphatic carbocycles. The molecule has 2 fully saturated rings. The minimum atomic E-state index is -4.59. The zero-order valence-corrected chi connectivity index (χ0v) is 21.7. The van der Waals surface area contributed by atoms with Crippen LogP contribution < -0.4 is 4.90 Å². The van der Waals surface area contributed by atoms with Gasteiger partial charge in [-0.25, -0.2) is 9.97 Å². The van der Waals surface area contributed by atoms with Crippen molar-refractivity contribution < 1.29 is 31.9 Å². The van der Waals surface area contributed by atoms with E-state index in [1.807, 2.05) is 11.8 Å². The van der Waals surface area contributed by atoms with Gasteiger partial charge in [-0.15, -0.1) is 0 Å². The number of likely N-dealkylation sites (tertiary alicyclic amines) is 1. The molecule has 0 bridgehead atoms. The molecule has 2 saturated heterocycles. The number of carbonyl (C=O) groups excluding carboxylic acids is 2. The Kier molecular flexibility index (Phi) is 8.66. The summed E-state index contributed by atoms with van der Waals surface area (Å²) in [7, 11) is 0. The number of hydrogen-bond acceptors (Lipinski definition) is 8. The number of furan rings is 1. The third kappa shape index (κ3) is 6.77. The van der Waals surface area contributed by atoms with Crippen LogP contribution in [0.5, 0.6) is 0 Å². The number of rotatable bonds is 7. The van der Waals surface area contributed by atoms with Gasteiger partial charge in [0.05, 0.1) is 18.3 Å². The Labute approximate surface area is 217 Å². The Hall–Kier alpha value is -2.76. The van der Waals surface area contributed by atoms with Crippen LogP contribution in [0.25, 0.3) is 0 Å². The highest BCUT2D eigenvalue weighted by Crippen LogP contribution is 2.34. The van der Waals surface area contributed by atoms with Crippen LogP contribution in [0.2, 0.25) is 0 Å². The fraction of sp³-hybridized carbons (Fsp3) is 0.600. The molecule has 37 heavy (non-hydrogen) atoms. The number of piperidine rings is 2. The Balaban J connectivity index is 1.40. The fourth-order valence-corrected chi connectivity index (χ4v) is 5.40. The van der Waals surface area contributed by atoms with E-state index in [4.69, 9.17) is 9.15 Å². The Morgan fingerprint density at radius 2 is 1.89 bits per heavy atom. The summed E-state index contributed by atoms with van der Waals surface area (Å²) in [6.45, 7) is 5.57. The molecule has 2 aromatic heterocycles. The number of esters is 1. The number of amides is 1. The average molecular weight is 541 g/mol. The van der Waals surface area contributed by atoms with Crippen LogP contribution in [0.1, 0.15) is 68.0 Å². The highest BCUT2D eigenvalue weighted by molar-refractivity contribution is 7.98. The molecule has 4 heterocycles. The van der Waals surface area contributed by atoms with E-state index < -0.39 is 11.9 Å². The largest absolute Gasteiger partial charge is 0.466 e. The van der Waals surface area contributed by atoms with E-state index in [9.17, 15) is 22.8 Å². The monoisotopic (exact) mass is 540 g/mol. The molecule has 0 unspecified atom stereocenters. The molecule has 1 atom stereocenters. The van der Waals surface area contributed by atoms with Gasteiger partial charge in [0.2, 0.25) is 0 Å². The van der Waals surface area contributed by atoms with E-state index >= 15 is 0 Å². The first kappa shape index (κ1) is 27.3. The molecule has 1 amide bonds. The van der Waals surface area contributed by atoms with Crippen molar-refractivity contribution in [3.63, 3.8) is 0 Å². The van der Waals surface area contributed by atoms with E-state index in [0.717, 1.165) is 37.1 Å². The van der Waals surface area contributed by atoms with Gasteiger partial charge in [0.1, 0.15) is 11.6 Å². The number of halogens is 3. The van der Waals surface area contributed by atoms with E-state index in [2.05, 4.69) is 9.97 Å². The number of aromatic nitrogens is 2. The molecule has 0 N–H and O–H groups in total. The van der Waals surface area contributed by atoms with Crippen LogP contribution in [0.15, 0.2) is 27.8 Å². The molecule has 2 aromatic rings. The van der Waals surface area contributed by atoms with Gasteiger partial charge in [0, 0.05) is 31.7 Å². The number of thioether (sulfide) groups is 1. The van der Waals surface area contributed by atoms with Crippen LogP contribution in [0.4, 0.5) is 19.0 Å².